The highest BCUT2D eigenvalue weighted by atomic mass is 35.5. The van der Waals surface area contributed by atoms with Crippen molar-refractivity contribution in [2.75, 3.05) is 20.2 Å². The summed E-state index contributed by atoms with van der Waals surface area (Å²) >= 11 is 6.20. The van der Waals surface area contributed by atoms with Crippen LogP contribution in [-0.4, -0.2) is 25.8 Å². The third kappa shape index (κ3) is 2.17. The molecule has 1 aromatic rings. The van der Waals surface area contributed by atoms with Gasteiger partial charge in [0, 0.05) is 31.6 Å². The summed E-state index contributed by atoms with van der Waals surface area (Å²) in [7, 11) is 1.77. The molecule has 1 aliphatic heterocycles. The second kappa shape index (κ2) is 4.12. The molecule has 1 aromatic carbocycles. The molecule has 0 aromatic heterocycles. The van der Waals surface area contributed by atoms with E-state index in [1.54, 1.807) is 7.11 Å². The Hall–Kier alpha value is -0.570. The number of rotatable bonds is 3. The molecule has 1 aliphatic rings. The Labute approximate surface area is 95.6 Å². The average Bonchev–Trinajstić information content (AvgIpc) is 2.14. The van der Waals surface area contributed by atoms with E-state index in [1.807, 2.05) is 13.0 Å². The van der Waals surface area contributed by atoms with Crippen molar-refractivity contribution < 1.29 is 4.74 Å². The number of halogens is 1. The fourth-order valence-electron chi connectivity index (χ4n) is 1.89. The summed E-state index contributed by atoms with van der Waals surface area (Å²) in [6.07, 6.45) is 0.885. The van der Waals surface area contributed by atoms with Crippen molar-refractivity contribution in [1.82, 2.24) is 5.32 Å². The zero-order valence-electron chi connectivity index (χ0n) is 9.14. The van der Waals surface area contributed by atoms with Crippen LogP contribution >= 0.6 is 11.6 Å². The lowest BCUT2D eigenvalue weighted by Crippen LogP contribution is -2.61. The van der Waals surface area contributed by atoms with E-state index in [9.17, 15) is 0 Å². The van der Waals surface area contributed by atoms with Crippen LogP contribution in [0.3, 0.4) is 0 Å². The Morgan fingerprint density at radius 3 is 2.67 bits per heavy atom. The molecule has 0 aliphatic carbocycles. The molecule has 82 valence electrons. The fraction of sp³-hybridized carbons (Fsp3) is 0.500. The number of hydrogen-bond acceptors (Lipinski definition) is 2. The highest BCUT2D eigenvalue weighted by Gasteiger charge is 2.37. The van der Waals surface area contributed by atoms with E-state index >= 15 is 0 Å². The van der Waals surface area contributed by atoms with Gasteiger partial charge in [-0.3, -0.25) is 0 Å². The van der Waals surface area contributed by atoms with Gasteiger partial charge < -0.3 is 10.1 Å². The number of ether oxygens (including phenoxy) is 1. The zero-order valence-corrected chi connectivity index (χ0v) is 9.90. The third-order valence-corrected chi connectivity index (χ3v) is 3.40. The first-order valence-electron chi connectivity index (χ1n) is 5.16. The molecular weight excluding hydrogens is 210 g/mol. The van der Waals surface area contributed by atoms with Crippen molar-refractivity contribution in [3.8, 4) is 0 Å². The lowest BCUT2D eigenvalue weighted by molar-refractivity contribution is -0.0502. The SMILES string of the molecule is COC1(Cc2ccc(C)cc2Cl)CNC1. The Morgan fingerprint density at radius 2 is 2.20 bits per heavy atom. The van der Waals surface area contributed by atoms with Crippen molar-refractivity contribution in [3.05, 3.63) is 34.3 Å². The van der Waals surface area contributed by atoms with Crippen molar-refractivity contribution in [3.63, 3.8) is 0 Å². The van der Waals surface area contributed by atoms with E-state index in [0.717, 1.165) is 24.5 Å². The quantitative estimate of drug-likeness (QED) is 0.852. The van der Waals surface area contributed by atoms with Crippen LogP contribution in [0.2, 0.25) is 5.02 Å². The lowest BCUT2D eigenvalue weighted by Gasteiger charge is -2.41. The Morgan fingerprint density at radius 1 is 1.47 bits per heavy atom. The van der Waals surface area contributed by atoms with Crippen LogP contribution in [0.1, 0.15) is 11.1 Å². The first-order valence-corrected chi connectivity index (χ1v) is 5.54. The van der Waals surface area contributed by atoms with Gasteiger partial charge in [-0.15, -0.1) is 0 Å². The lowest BCUT2D eigenvalue weighted by atomic mass is 9.88. The van der Waals surface area contributed by atoms with E-state index in [1.165, 1.54) is 11.1 Å². The monoisotopic (exact) mass is 225 g/mol. The number of nitrogens with one attached hydrogen (secondary N) is 1. The average molecular weight is 226 g/mol. The maximum Gasteiger partial charge on any atom is 0.0966 e. The zero-order chi connectivity index (χ0) is 10.9. The maximum atomic E-state index is 6.20. The number of benzene rings is 1. The summed E-state index contributed by atoms with van der Waals surface area (Å²) in [6, 6.07) is 6.19. The molecular formula is C12H16ClNO. The number of aryl methyl sites for hydroxylation is 1. The molecule has 1 heterocycles. The molecule has 0 spiro atoms. The van der Waals surface area contributed by atoms with Gasteiger partial charge in [0.2, 0.25) is 0 Å². The number of methoxy groups -OCH3 is 1. The fourth-order valence-corrected chi connectivity index (χ4v) is 2.19. The molecule has 15 heavy (non-hydrogen) atoms. The van der Waals surface area contributed by atoms with Crippen LogP contribution in [0.15, 0.2) is 18.2 Å². The Bertz CT molecular complexity index is 355. The summed E-state index contributed by atoms with van der Waals surface area (Å²) in [4.78, 5) is 0. The Balaban J connectivity index is 2.16. The summed E-state index contributed by atoms with van der Waals surface area (Å²) in [5, 5.41) is 4.08. The van der Waals surface area contributed by atoms with Crippen LogP contribution < -0.4 is 5.32 Å². The van der Waals surface area contributed by atoms with Gasteiger partial charge in [0.1, 0.15) is 0 Å². The molecule has 2 nitrogen and oxygen atoms in total. The molecule has 0 amide bonds. The second-order valence-corrected chi connectivity index (χ2v) is 4.67. The summed E-state index contributed by atoms with van der Waals surface area (Å²) in [6.45, 7) is 3.87. The molecule has 0 unspecified atom stereocenters. The Kier molecular flexibility index (Phi) is 3.01. The van der Waals surface area contributed by atoms with Crippen LogP contribution in [0.25, 0.3) is 0 Å². The van der Waals surface area contributed by atoms with E-state index in [0.29, 0.717) is 0 Å². The summed E-state index contributed by atoms with van der Waals surface area (Å²) in [5.74, 6) is 0. The van der Waals surface area contributed by atoms with Gasteiger partial charge in [-0.05, 0) is 24.1 Å². The molecule has 3 heteroatoms. The molecule has 0 atom stereocenters. The minimum Gasteiger partial charge on any atom is -0.375 e. The maximum absolute atomic E-state index is 6.20. The van der Waals surface area contributed by atoms with Crippen LogP contribution in [0, 0.1) is 6.92 Å². The van der Waals surface area contributed by atoms with Crippen molar-refractivity contribution >= 4 is 11.6 Å². The predicted octanol–water partition coefficient (Wildman–Crippen LogP) is 2.18. The van der Waals surface area contributed by atoms with Crippen molar-refractivity contribution in [2.24, 2.45) is 0 Å². The van der Waals surface area contributed by atoms with Gasteiger partial charge in [0.05, 0.1) is 5.60 Å². The van der Waals surface area contributed by atoms with Gasteiger partial charge in [0.25, 0.3) is 0 Å². The highest BCUT2D eigenvalue weighted by Crippen LogP contribution is 2.26. The third-order valence-electron chi connectivity index (χ3n) is 3.05. The largest absolute Gasteiger partial charge is 0.375 e. The minimum atomic E-state index is -0.0428. The molecule has 0 saturated carbocycles. The van der Waals surface area contributed by atoms with Gasteiger partial charge in [-0.1, -0.05) is 23.7 Å². The molecule has 1 saturated heterocycles. The van der Waals surface area contributed by atoms with Gasteiger partial charge in [-0.2, -0.15) is 0 Å². The number of hydrogen-bond donors (Lipinski definition) is 1. The first-order chi connectivity index (χ1) is 7.15. The molecule has 1 fully saturated rings. The van der Waals surface area contributed by atoms with Crippen LogP contribution in [0.4, 0.5) is 0 Å². The normalized spacial score (nSPS) is 18.6. The standard InChI is InChI=1S/C12H16ClNO/c1-9-3-4-10(11(13)5-9)6-12(15-2)7-14-8-12/h3-5,14H,6-8H2,1-2H3. The van der Waals surface area contributed by atoms with Gasteiger partial charge >= 0.3 is 0 Å². The molecule has 2 rings (SSSR count). The van der Waals surface area contributed by atoms with Crippen LogP contribution in [-0.2, 0) is 11.2 Å². The van der Waals surface area contributed by atoms with E-state index in [2.05, 4.69) is 17.4 Å². The predicted molar refractivity (Wildman–Crippen MR) is 62.5 cm³/mol. The van der Waals surface area contributed by atoms with Gasteiger partial charge in [-0.25, -0.2) is 0 Å². The first kappa shape index (κ1) is 10.9. The van der Waals surface area contributed by atoms with Crippen molar-refractivity contribution in [2.45, 2.75) is 18.9 Å². The van der Waals surface area contributed by atoms with Crippen molar-refractivity contribution in [1.29, 1.82) is 0 Å². The van der Waals surface area contributed by atoms with E-state index < -0.39 is 0 Å². The second-order valence-electron chi connectivity index (χ2n) is 4.26. The minimum absolute atomic E-state index is 0.0428. The van der Waals surface area contributed by atoms with Crippen LogP contribution in [0.5, 0.6) is 0 Å². The smallest absolute Gasteiger partial charge is 0.0966 e. The van der Waals surface area contributed by atoms with E-state index in [-0.39, 0.29) is 5.60 Å². The summed E-state index contributed by atoms with van der Waals surface area (Å²) in [5.41, 5.74) is 2.33. The summed E-state index contributed by atoms with van der Waals surface area (Å²) < 4.78 is 5.54. The topological polar surface area (TPSA) is 21.3 Å². The van der Waals surface area contributed by atoms with E-state index in [4.69, 9.17) is 16.3 Å². The molecule has 0 radical (unpaired) electrons. The molecule has 0 bridgehead atoms. The highest BCUT2D eigenvalue weighted by molar-refractivity contribution is 6.31. The molecule has 1 N–H and O–H groups in total. The van der Waals surface area contributed by atoms with Gasteiger partial charge in [0.15, 0.2) is 0 Å².